The van der Waals surface area contributed by atoms with Gasteiger partial charge in [0.2, 0.25) is 0 Å². The van der Waals surface area contributed by atoms with Crippen LogP contribution < -0.4 is 5.32 Å². The largest absolute Gasteiger partial charge is 0.347 e. The van der Waals surface area contributed by atoms with E-state index in [1.54, 1.807) is 17.6 Å². The lowest BCUT2D eigenvalue weighted by atomic mass is 9.97. The van der Waals surface area contributed by atoms with Gasteiger partial charge < -0.3 is 10.2 Å². The second kappa shape index (κ2) is 5.79. The van der Waals surface area contributed by atoms with Crippen LogP contribution >= 0.6 is 11.3 Å². The molecule has 4 heterocycles. The third-order valence-electron chi connectivity index (χ3n) is 4.86. The number of carbonyl (C=O) groups excluding carboxylic acids is 1. The van der Waals surface area contributed by atoms with E-state index in [4.69, 9.17) is 0 Å². The summed E-state index contributed by atoms with van der Waals surface area (Å²) in [6.07, 6.45) is 4.99. The van der Waals surface area contributed by atoms with Crippen molar-refractivity contribution < 1.29 is 13.2 Å². The second-order valence-corrected chi connectivity index (χ2v) is 9.65. The van der Waals surface area contributed by atoms with Crippen LogP contribution in [0, 0.1) is 5.92 Å². The molecule has 4 rings (SSSR count). The molecule has 6 nitrogen and oxygen atoms in total. The topological polar surface area (TPSA) is 79.4 Å². The minimum absolute atomic E-state index is 0.146. The Bertz CT molecular complexity index is 894. The quantitative estimate of drug-likeness (QED) is 0.892. The van der Waals surface area contributed by atoms with Crippen LogP contribution in [0.15, 0.2) is 22.5 Å². The fraction of sp³-hybridized carbons (Fsp3) is 0.500. The van der Waals surface area contributed by atoms with Crippen molar-refractivity contribution in [3.8, 4) is 0 Å². The highest BCUT2D eigenvalue weighted by molar-refractivity contribution is 7.91. The number of hydrogen-bond donors (Lipinski definition) is 1. The zero-order valence-electron chi connectivity index (χ0n) is 13.4. The number of fused-ring (bicyclic) bond motifs is 3. The number of aromatic nitrogens is 1. The van der Waals surface area contributed by atoms with Crippen LogP contribution in [0.4, 0.5) is 0 Å². The molecular weight excluding hydrogens is 346 g/mol. The van der Waals surface area contributed by atoms with Gasteiger partial charge in [0.25, 0.3) is 5.91 Å². The van der Waals surface area contributed by atoms with Gasteiger partial charge in [0.15, 0.2) is 9.84 Å². The normalized spacial score (nSPS) is 26.6. The van der Waals surface area contributed by atoms with Gasteiger partial charge in [0, 0.05) is 42.4 Å². The molecule has 2 aliphatic rings. The van der Waals surface area contributed by atoms with E-state index in [2.05, 4.69) is 15.2 Å². The Hall–Kier alpha value is -1.51. The third kappa shape index (κ3) is 2.94. The van der Waals surface area contributed by atoms with Gasteiger partial charge in [-0.2, -0.15) is 0 Å². The molecule has 1 amide bonds. The fourth-order valence-corrected chi connectivity index (χ4v) is 5.99. The van der Waals surface area contributed by atoms with Crippen LogP contribution in [0.2, 0.25) is 0 Å². The Morgan fingerprint density at radius 2 is 2.25 bits per heavy atom. The number of carbonyl (C=O) groups is 1. The minimum Gasteiger partial charge on any atom is -0.347 e. The average molecular weight is 365 g/mol. The summed E-state index contributed by atoms with van der Waals surface area (Å²) in [5.41, 5.74) is 0.277. The predicted molar refractivity (Wildman–Crippen MR) is 93.1 cm³/mol. The van der Waals surface area contributed by atoms with Crippen LogP contribution in [-0.4, -0.2) is 56.1 Å². The van der Waals surface area contributed by atoms with Crippen molar-refractivity contribution in [2.24, 2.45) is 5.92 Å². The lowest BCUT2D eigenvalue weighted by molar-refractivity contribution is 0.0904. The van der Waals surface area contributed by atoms with Gasteiger partial charge >= 0.3 is 0 Å². The van der Waals surface area contributed by atoms with Crippen molar-refractivity contribution in [3.63, 3.8) is 0 Å². The van der Waals surface area contributed by atoms with Crippen LogP contribution in [0.1, 0.15) is 23.3 Å². The van der Waals surface area contributed by atoms with Gasteiger partial charge in [-0.15, -0.1) is 11.3 Å². The number of piperidine rings is 1. The molecule has 2 aliphatic heterocycles. The van der Waals surface area contributed by atoms with Gasteiger partial charge in [0.1, 0.15) is 5.69 Å². The monoisotopic (exact) mass is 365 g/mol. The molecule has 2 saturated heterocycles. The lowest BCUT2D eigenvalue weighted by Crippen LogP contribution is -2.47. The van der Waals surface area contributed by atoms with E-state index in [1.807, 2.05) is 0 Å². The Balaban J connectivity index is 1.58. The number of hydrogen-bond acceptors (Lipinski definition) is 6. The smallest absolute Gasteiger partial charge is 0.270 e. The number of pyridine rings is 1. The van der Waals surface area contributed by atoms with E-state index < -0.39 is 9.84 Å². The van der Waals surface area contributed by atoms with E-state index in [9.17, 15) is 13.2 Å². The maximum atomic E-state index is 12.5. The highest BCUT2D eigenvalue weighted by Crippen LogP contribution is 2.30. The first kappa shape index (κ1) is 16.0. The molecule has 2 fully saturated rings. The predicted octanol–water partition coefficient (Wildman–Crippen LogP) is 1.52. The highest BCUT2D eigenvalue weighted by atomic mass is 32.2. The summed E-state index contributed by atoms with van der Waals surface area (Å²) in [5.74, 6) is 0.447. The SMILES string of the molecule is CS(=O)(=O)c1csc2cnc(C(=O)N[C@@H]3C[C@H]4CCN(C4)C3)cc12. The molecule has 0 spiro atoms. The maximum absolute atomic E-state index is 12.5. The van der Waals surface area contributed by atoms with Crippen LogP contribution in [0.3, 0.4) is 0 Å². The maximum Gasteiger partial charge on any atom is 0.270 e. The van der Waals surface area contributed by atoms with Crippen molar-refractivity contribution in [2.45, 2.75) is 23.8 Å². The number of amides is 1. The molecule has 0 radical (unpaired) electrons. The van der Waals surface area contributed by atoms with Crippen molar-refractivity contribution >= 4 is 37.2 Å². The first-order valence-electron chi connectivity index (χ1n) is 8.00. The van der Waals surface area contributed by atoms with E-state index >= 15 is 0 Å². The molecule has 128 valence electrons. The molecule has 1 unspecified atom stereocenters. The number of nitrogens with zero attached hydrogens (tertiary/aromatic N) is 2. The van der Waals surface area contributed by atoms with E-state index in [0.717, 1.165) is 30.8 Å². The number of nitrogens with one attached hydrogen (secondary N) is 1. The van der Waals surface area contributed by atoms with Crippen LogP contribution in [0.25, 0.3) is 10.1 Å². The molecule has 2 aromatic rings. The Labute approximate surface area is 144 Å². The molecular formula is C16H19N3O3S2. The zero-order valence-corrected chi connectivity index (χ0v) is 15.0. The van der Waals surface area contributed by atoms with Gasteiger partial charge in [-0.3, -0.25) is 4.79 Å². The number of thiophene rings is 1. The van der Waals surface area contributed by atoms with Gasteiger partial charge in [-0.1, -0.05) is 0 Å². The van der Waals surface area contributed by atoms with Crippen molar-refractivity contribution in [1.82, 2.24) is 15.2 Å². The summed E-state index contributed by atoms with van der Waals surface area (Å²) in [6, 6.07) is 1.74. The minimum atomic E-state index is -3.32. The van der Waals surface area contributed by atoms with Crippen molar-refractivity contribution in [3.05, 3.63) is 23.3 Å². The van der Waals surface area contributed by atoms with E-state index in [0.29, 0.717) is 11.3 Å². The second-order valence-electron chi connectivity index (χ2n) is 6.76. The molecule has 0 saturated carbocycles. The number of sulfone groups is 1. The van der Waals surface area contributed by atoms with Gasteiger partial charge in [0.05, 0.1) is 9.60 Å². The van der Waals surface area contributed by atoms with Gasteiger partial charge in [-0.25, -0.2) is 13.4 Å². The summed E-state index contributed by atoms with van der Waals surface area (Å²) >= 11 is 1.33. The van der Waals surface area contributed by atoms with Crippen LogP contribution in [0.5, 0.6) is 0 Å². The van der Waals surface area contributed by atoms with E-state index in [1.165, 1.54) is 24.0 Å². The lowest BCUT2D eigenvalue weighted by Gasteiger charge is -2.30. The van der Waals surface area contributed by atoms with Gasteiger partial charge in [-0.05, 0) is 31.4 Å². The fourth-order valence-electron chi connectivity index (χ4n) is 3.74. The first-order chi connectivity index (χ1) is 11.4. The summed E-state index contributed by atoms with van der Waals surface area (Å²) in [7, 11) is -3.32. The number of rotatable bonds is 3. The molecule has 2 bridgehead atoms. The summed E-state index contributed by atoms with van der Waals surface area (Å²) in [4.78, 5) is 19.4. The summed E-state index contributed by atoms with van der Waals surface area (Å²) in [6.45, 7) is 3.15. The standard InChI is InChI=1S/C16H19N3O3S2/c1-24(21,22)15-9-23-14-6-17-13(5-12(14)15)16(20)18-11-4-10-2-3-19(7-10)8-11/h5-6,9-11H,2-4,7-8H2,1H3,(H,18,20)/t10-,11-/m1/s1. The molecule has 0 aromatic carbocycles. The van der Waals surface area contributed by atoms with Crippen molar-refractivity contribution in [2.75, 3.05) is 25.9 Å². The Morgan fingerprint density at radius 3 is 3.00 bits per heavy atom. The third-order valence-corrected chi connectivity index (χ3v) is 7.08. The Kier molecular flexibility index (Phi) is 3.85. The molecule has 1 N–H and O–H groups in total. The molecule has 2 aromatic heterocycles. The molecule has 24 heavy (non-hydrogen) atoms. The van der Waals surface area contributed by atoms with Crippen LogP contribution in [-0.2, 0) is 9.84 Å². The molecule has 8 heteroatoms. The summed E-state index contributed by atoms with van der Waals surface area (Å²) in [5, 5.41) is 5.25. The Morgan fingerprint density at radius 1 is 1.42 bits per heavy atom. The molecule has 3 atom stereocenters. The zero-order chi connectivity index (χ0) is 16.9. The highest BCUT2D eigenvalue weighted by Gasteiger charge is 2.33. The average Bonchev–Trinajstić information content (AvgIpc) is 3.09. The first-order valence-corrected chi connectivity index (χ1v) is 10.8. The van der Waals surface area contributed by atoms with Crippen molar-refractivity contribution in [1.29, 1.82) is 0 Å². The van der Waals surface area contributed by atoms with E-state index in [-0.39, 0.29) is 22.5 Å². The molecule has 0 aliphatic carbocycles. The summed E-state index contributed by atoms with van der Waals surface area (Å²) < 4.78 is 24.5.